The molecule has 1 amide bonds. The van der Waals surface area contributed by atoms with E-state index >= 15 is 0 Å². The molecule has 2 aromatic rings. The van der Waals surface area contributed by atoms with Crippen LogP contribution in [0.4, 0.5) is 0 Å². The summed E-state index contributed by atoms with van der Waals surface area (Å²) >= 11 is 5.87. The highest BCUT2D eigenvalue weighted by atomic mass is 35.5. The highest BCUT2D eigenvalue weighted by molar-refractivity contribution is 7.89. The number of hydrogen-bond donors (Lipinski definition) is 2. The van der Waals surface area contributed by atoms with Gasteiger partial charge in [-0.3, -0.25) is 4.79 Å². The lowest BCUT2D eigenvalue weighted by atomic mass is 10.2. The van der Waals surface area contributed by atoms with Crippen molar-refractivity contribution in [3.05, 3.63) is 58.6 Å². The molecule has 0 saturated carbocycles. The van der Waals surface area contributed by atoms with Gasteiger partial charge in [-0.1, -0.05) is 29.8 Å². The van der Waals surface area contributed by atoms with Crippen LogP contribution >= 0.6 is 11.6 Å². The number of sulfonamides is 1. The third-order valence-electron chi connectivity index (χ3n) is 3.46. The van der Waals surface area contributed by atoms with E-state index in [1.807, 2.05) is 31.2 Å². The van der Waals surface area contributed by atoms with E-state index in [2.05, 4.69) is 5.32 Å². The first kappa shape index (κ1) is 19.2. The quantitative estimate of drug-likeness (QED) is 0.718. The minimum absolute atomic E-state index is 0.0852. The number of nitrogens with two attached hydrogens (primary N) is 1. The molecule has 2 aromatic carbocycles. The van der Waals surface area contributed by atoms with Crippen LogP contribution in [0.2, 0.25) is 5.02 Å². The van der Waals surface area contributed by atoms with Crippen LogP contribution < -0.4 is 15.2 Å². The van der Waals surface area contributed by atoms with Crippen molar-refractivity contribution < 1.29 is 17.9 Å². The highest BCUT2D eigenvalue weighted by Crippen LogP contribution is 2.21. The van der Waals surface area contributed by atoms with Gasteiger partial charge in [-0.2, -0.15) is 0 Å². The number of halogens is 1. The lowest BCUT2D eigenvalue weighted by molar-refractivity contribution is 0.0951. The molecule has 0 aliphatic rings. The molecule has 0 aliphatic heterocycles. The number of nitrogens with one attached hydrogen (secondary N) is 1. The van der Waals surface area contributed by atoms with E-state index < -0.39 is 10.0 Å². The van der Waals surface area contributed by atoms with Crippen LogP contribution in [0.1, 0.15) is 22.3 Å². The molecule has 0 saturated heterocycles. The molecule has 0 bridgehead atoms. The van der Waals surface area contributed by atoms with E-state index in [1.54, 1.807) is 0 Å². The van der Waals surface area contributed by atoms with Gasteiger partial charge in [-0.25, -0.2) is 13.6 Å². The number of para-hydroxylation sites is 1. The summed E-state index contributed by atoms with van der Waals surface area (Å²) in [4.78, 5) is 11.8. The Balaban J connectivity index is 1.83. The molecule has 3 N–H and O–H groups in total. The van der Waals surface area contributed by atoms with Crippen molar-refractivity contribution in [3.63, 3.8) is 0 Å². The van der Waals surface area contributed by atoms with Gasteiger partial charge >= 0.3 is 0 Å². The molecule has 0 aliphatic carbocycles. The van der Waals surface area contributed by atoms with Crippen molar-refractivity contribution in [1.29, 1.82) is 0 Å². The molecule has 0 fully saturated rings. The van der Waals surface area contributed by atoms with E-state index in [0.717, 1.165) is 11.3 Å². The number of hydrogen-bond acceptors (Lipinski definition) is 4. The molecular formula is C17H19ClN2O4S. The first-order valence-corrected chi connectivity index (χ1v) is 9.50. The summed E-state index contributed by atoms with van der Waals surface area (Å²) in [6.07, 6.45) is 0.628. The SMILES string of the molecule is Cc1ccccc1OCCCNC(=O)c1ccc(S(N)(=O)=O)c(Cl)c1. The summed E-state index contributed by atoms with van der Waals surface area (Å²) in [6.45, 7) is 2.85. The number of primary sulfonamides is 1. The Morgan fingerprint density at radius 3 is 2.60 bits per heavy atom. The summed E-state index contributed by atoms with van der Waals surface area (Å²) < 4.78 is 28.2. The molecule has 25 heavy (non-hydrogen) atoms. The van der Waals surface area contributed by atoms with Crippen molar-refractivity contribution >= 4 is 27.5 Å². The maximum Gasteiger partial charge on any atom is 0.251 e. The van der Waals surface area contributed by atoms with Gasteiger partial charge in [-0.15, -0.1) is 0 Å². The largest absolute Gasteiger partial charge is 0.493 e. The lowest BCUT2D eigenvalue weighted by Gasteiger charge is -2.10. The fraction of sp³-hybridized carbons (Fsp3) is 0.235. The number of aryl methyl sites for hydroxylation is 1. The normalized spacial score (nSPS) is 11.2. The second kappa shape index (κ2) is 8.33. The minimum Gasteiger partial charge on any atom is -0.493 e. The van der Waals surface area contributed by atoms with Crippen LogP contribution in [0.15, 0.2) is 47.4 Å². The van der Waals surface area contributed by atoms with Crippen LogP contribution in [0, 0.1) is 6.92 Å². The summed E-state index contributed by atoms with van der Waals surface area (Å²) in [5.74, 6) is 0.470. The monoisotopic (exact) mass is 382 g/mol. The Morgan fingerprint density at radius 1 is 1.24 bits per heavy atom. The molecule has 8 heteroatoms. The number of rotatable bonds is 7. The summed E-state index contributed by atoms with van der Waals surface area (Å²) in [7, 11) is -3.91. The summed E-state index contributed by atoms with van der Waals surface area (Å²) in [5, 5.41) is 7.67. The minimum atomic E-state index is -3.91. The molecule has 2 rings (SSSR count). The van der Waals surface area contributed by atoms with Crippen LogP contribution in [0.25, 0.3) is 0 Å². The number of benzene rings is 2. The average Bonchev–Trinajstić information content (AvgIpc) is 2.54. The Labute approximate surface area is 152 Å². The van der Waals surface area contributed by atoms with Crippen LogP contribution in [-0.4, -0.2) is 27.5 Å². The van der Waals surface area contributed by atoms with Gasteiger partial charge in [0.1, 0.15) is 10.6 Å². The third-order valence-corrected chi connectivity index (χ3v) is 4.85. The van der Waals surface area contributed by atoms with Crippen molar-refractivity contribution in [1.82, 2.24) is 5.32 Å². The van der Waals surface area contributed by atoms with Gasteiger partial charge in [0, 0.05) is 12.1 Å². The molecule has 6 nitrogen and oxygen atoms in total. The third kappa shape index (κ3) is 5.45. The van der Waals surface area contributed by atoms with Gasteiger partial charge in [0.05, 0.1) is 11.6 Å². The average molecular weight is 383 g/mol. The number of carbonyl (C=O) groups is 1. The molecular weight excluding hydrogens is 364 g/mol. The zero-order valence-electron chi connectivity index (χ0n) is 13.7. The Hall–Kier alpha value is -2.09. The second-order valence-corrected chi connectivity index (χ2v) is 7.35. The lowest BCUT2D eigenvalue weighted by Crippen LogP contribution is -2.25. The second-order valence-electron chi connectivity index (χ2n) is 5.41. The Bertz CT molecular complexity index is 869. The number of ether oxygens (including phenoxy) is 1. The van der Waals surface area contributed by atoms with Crippen molar-refractivity contribution in [2.45, 2.75) is 18.2 Å². The van der Waals surface area contributed by atoms with E-state index in [0.29, 0.717) is 19.6 Å². The molecule has 0 radical (unpaired) electrons. The number of carbonyl (C=O) groups excluding carboxylic acids is 1. The van der Waals surface area contributed by atoms with E-state index in [4.69, 9.17) is 21.5 Å². The van der Waals surface area contributed by atoms with Crippen molar-refractivity contribution in [2.24, 2.45) is 5.14 Å². The molecule has 0 aromatic heterocycles. The summed E-state index contributed by atoms with van der Waals surface area (Å²) in [6, 6.07) is 11.6. The Kier molecular flexibility index (Phi) is 6.41. The first-order valence-electron chi connectivity index (χ1n) is 7.58. The van der Waals surface area contributed by atoms with Gasteiger partial charge in [-0.05, 0) is 43.2 Å². The predicted molar refractivity (Wildman–Crippen MR) is 96.4 cm³/mol. The highest BCUT2D eigenvalue weighted by Gasteiger charge is 2.15. The van der Waals surface area contributed by atoms with E-state index in [-0.39, 0.29) is 21.4 Å². The van der Waals surface area contributed by atoms with E-state index in [1.165, 1.54) is 18.2 Å². The molecule has 0 unspecified atom stereocenters. The topological polar surface area (TPSA) is 98.5 Å². The Morgan fingerprint density at radius 2 is 1.96 bits per heavy atom. The number of amides is 1. The van der Waals surface area contributed by atoms with Crippen LogP contribution in [-0.2, 0) is 10.0 Å². The smallest absolute Gasteiger partial charge is 0.251 e. The summed E-state index contributed by atoms with van der Waals surface area (Å²) in [5.41, 5.74) is 1.31. The molecule has 0 atom stereocenters. The van der Waals surface area contributed by atoms with Gasteiger partial charge in [0.15, 0.2) is 0 Å². The molecule has 134 valence electrons. The van der Waals surface area contributed by atoms with Gasteiger partial charge in [0.25, 0.3) is 5.91 Å². The fourth-order valence-electron chi connectivity index (χ4n) is 2.15. The zero-order valence-corrected chi connectivity index (χ0v) is 15.2. The first-order chi connectivity index (χ1) is 11.8. The van der Waals surface area contributed by atoms with Crippen LogP contribution in [0.3, 0.4) is 0 Å². The van der Waals surface area contributed by atoms with Crippen molar-refractivity contribution in [3.8, 4) is 5.75 Å². The van der Waals surface area contributed by atoms with Crippen LogP contribution in [0.5, 0.6) is 5.75 Å². The molecule has 0 spiro atoms. The standard InChI is InChI=1S/C17H19ClN2O4S/c1-12-5-2-3-6-15(12)24-10-4-9-20-17(21)13-7-8-16(14(18)11-13)25(19,22)23/h2-3,5-8,11H,4,9-10H2,1H3,(H,20,21)(H2,19,22,23). The van der Waals surface area contributed by atoms with Crippen molar-refractivity contribution in [2.75, 3.05) is 13.2 Å². The predicted octanol–water partition coefficient (Wildman–Crippen LogP) is 2.49. The maximum absolute atomic E-state index is 12.1. The van der Waals surface area contributed by atoms with E-state index in [9.17, 15) is 13.2 Å². The van der Waals surface area contributed by atoms with Gasteiger partial charge in [0.2, 0.25) is 10.0 Å². The van der Waals surface area contributed by atoms with Gasteiger partial charge < -0.3 is 10.1 Å². The fourth-order valence-corrected chi connectivity index (χ4v) is 3.24. The molecule has 0 heterocycles. The zero-order chi connectivity index (χ0) is 18.4. The maximum atomic E-state index is 12.1.